The van der Waals surface area contributed by atoms with E-state index in [2.05, 4.69) is 20.4 Å². The number of hydrogen-bond donors (Lipinski definition) is 0. The van der Waals surface area contributed by atoms with Crippen molar-refractivity contribution in [3.8, 4) is 45.5 Å². The minimum atomic E-state index is -5.40. The van der Waals surface area contributed by atoms with E-state index in [0.29, 0.717) is 23.5 Å². The SMILES string of the molecule is O=S(=O)([O-])c1cc(S(=O)(=O)[O-])c2ccc3nn(-c4ccc(-n5on5-c5ccc(/C=C/c6ccc(-n7on7-c7ccc(/C=C/c8ccc(-n9on9-c9ccc(-n%10nc%11ccc%12c(S(=O)(=O)[O-])cc(S(=O)(=O)[O-])cc%12c%11n%10)cc9)cc8S(=O)(=O)[O-])c(S(=O)(=O)[O-])c7)cc6S(=O)(=O)[O-])c(S(=O)(=O)[O-])c5)cc4)nc3c2c1.[Na+].[Na+].[Na+].[Na+].[Na+].[Na+].[Na+].[Na+]. The van der Waals surface area contributed by atoms with Crippen LogP contribution in [0.2, 0.25) is 0 Å². The third-order valence-corrected chi connectivity index (χ3v) is 23.2. The third-order valence-electron chi connectivity index (χ3n) is 16.3. The summed E-state index contributed by atoms with van der Waals surface area (Å²) in [7, 11) is -42.5. The molecular formula is C60H32N12Na8O27S8. The summed E-state index contributed by atoms with van der Waals surface area (Å²) in [5.74, 6) is 0. The molecule has 5 heterocycles. The third kappa shape index (κ3) is 20.7. The first-order valence-corrected chi connectivity index (χ1v) is 40.6. The van der Waals surface area contributed by atoms with Crippen molar-refractivity contribution in [2.75, 3.05) is 0 Å². The van der Waals surface area contributed by atoms with Crippen molar-refractivity contribution in [2.45, 2.75) is 39.2 Å². The van der Waals surface area contributed by atoms with Crippen molar-refractivity contribution in [3.63, 3.8) is 0 Å². The molecule has 15 aromatic rings. The van der Waals surface area contributed by atoms with Gasteiger partial charge in [0, 0.05) is 21.5 Å². The summed E-state index contributed by atoms with van der Waals surface area (Å²) in [4.78, 5) is 0.963. The van der Waals surface area contributed by atoms with Gasteiger partial charge in [0.25, 0.3) is 0 Å². The van der Waals surface area contributed by atoms with Crippen molar-refractivity contribution in [3.05, 3.63) is 192 Å². The van der Waals surface area contributed by atoms with Gasteiger partial charge in [0.15, 0.2) is 0 Å². The van der Waals surface area contributed by atoms with Gasteiger partial charge in [0.2, 0.25) is 0 Å². The maximum atomic E-state index is 12.8. The summed E-state index contributed by atoms with van der Waals surface area (Å²) < 4.78 is 313. The fraction of sp³-hybridized carbons (Fsp3) is 0. The molecule has 0 aliphatic rings. The van der Waals surface area contributed by atoms with Crippen molar-refractivity contribution in [1.82, 2.24) is 59.1 Å². The van der Waals surface area contributed by atoms with Gasteiger partial charge in [-0.1, -0.05) is 89.8 Å². The molecule has 0 saturated heterocycles. The Balaban J connectivity index is 0.00000229. The molecule has 15 rings (SSSR count). The van der Waals surface area contributed by atoms with Gasteiger partial charge in [0.05, 0.1) is 50.5 Å². The molecule has 0 aliphatic carbocycles. The van der Waals surface area contributed by atoms with E-state index in [1.165, 1.54) is 109 Å². The first-order valence-electron chi connectivity index (χ1n) is 29.4. The zero-order valence-corrected chi connectivity index (χ0v) is 82.7. The molecule has 0 amide bonds. The van der Waals surface area contributed by atoms with Crippen LogP contribution in [0.4, 0.5) is 0 Å². The normalized spacial score (nSPS) is 12.5. The van der Waals surface area contributed by atoms with E-state index >= 15 is 0 Å². The Hall–Kier alpha value is -3.52. The average molecular weight is 1790 g/mol. The first-order chi connectivity index (χ1) is 50.0. The molecule has 0 N–H and O–H groups in total. The summed E-state index contributed by atoms with van der Waals surface area (Å²) in [6.07, 6.45) is 4.09. The predicted octanol–water partition coefficient (Wildman–Crippen LogP) is -19.4. The monoisotopic (exact) mass is 1790 g/mol. The molecule has 0 fully saturated rings. The Labute approximate surface area is 825 Å². The van der Waals surface area contributed by atoms with Crippen molar-refractivity contribution < 1.29 is 354 Å². The number of fused-ring (bicyclic) bond motifs is 6. The van der Waals surface area contributed by atoms with Crippen molar-refractivity contribution in [2.24, 2.45) is 0 Å². The largest absolute Gasteiger partial charge is 1.00 e. The second-order valence-corrected chi connectivity index (χ2v) is 33.8. The van der Waals surface area contributed by atoms with Gasteiger partial charge in [0.1, 0.15) is 137 Å². The standard InChI is InChI=1S/C60H40N12O27S8.8Na/c73-100(74,75)45-29-49-47(57(31-45)106(91,92)93)21-23-51-59(49)63-65(61-51)37-13-17-39(18-14-37)67-69(97-67)41-9-5-33(53(25-41)102(79,80)81)1-3-35-7-11-43(27-55(35)104(85,86)87)71-72(99-71)44-12-8-36(56(28-44)105(88,89)90)4-2-34-6-10-42(26-54(34)103(82,83)84)70-68(98-70)40-19-15-38(16-20-40)66-62-52-24-22-48-50(60(52)64-66)30-46(101(76,77)78)32-58(48)107(94,95)96;;;;;;;;/h1-32H,(H,73,74,75)(H,76,77,78)(H,79,80,81)(H,82,83,84)(H,85,86,87)(H,88,89,90)(H,91,92,93)(H,94,95,96);;;;;;;;/q;8*+1/p-8/b3-1+,4-2+;;;;;;;;. The quantitative estimate of drug-likeness (QED) is 0.0388. The van der Waals surface area contributed by atoms with Crippen LogP contribution in [0.3, 0.4) is 0 Å². The molecule has 0 unspecified atom stereocenters. The van der Waals surface area contributed by atoms with Crippen LogP contribution >= 0.6 is 0 Å². The van der Waals surface area contributed by atoms with Gasteiger partial charge >= 0.3 is 236 Å². The number of hydrogen-bond acceptors (Lipinski definition) is 31. The Morgan fingerprint density at radius 3 is 0.696 bits per heavy atom. The zero-order valence-electron chi connectivity index (χ0n) is 60.1. The van der Waals surface area contributed by atoms with E-state index in [0.717, 1.165) is 112 Å². The first kappa shape index (κ1) is 98.6. The summed E-state index contributed by atoms with van der Waals surface area (Å²) in [5.41, 5.74) is -0.377. The van der Waals surface area contributed by atoms with E-state index in [1.54, 1.807) is 0 Å². The molecule has 115 heavy (non-hydrogen) atoms. The van der Waals surface area contributed by atoms with Gasteiger partial charge in [-0.15, -0.1) is 20.4 Å². The van der Waals surface area contributed by atoms with Crippen molar-refractivity contribution in [1.29, 1.82) is 0 Å². The van der Waals surface area contributed by atoms with Gasteiger partial charge in [-0.05, 0) is 156 Å². The summed E-state index contributed by atoms with van der Waals surface area (Å²) >= 11 is 0. The van der Waals surface area contributed by atoms with Crippen LogP contribution in [0, 0.1) is 0 Å². The molecule has 0 spiro atoms. The van der Waals surface area contributed by atoms with Crippen molar-refractivity contribution >= 4 is 149 Å². The molecule has 0 radical (unpaired) electrons. The van der Waals surface area contributed by atoms with E-state index in [1.807, 2.05) is 0 Å². The maximum absolute atomic E-state index is 12.8. The Morgan fingerprint density at radius 2 is 0.461 bits per heavy atom. The number of nitrogens with zero attached hydrogens (tertiary/aromatic N) is 12. The minimum absolute atomic E-state index is 0. The summed E-state index contributed by atoms with van der Waals surface area (Å²) in [6, 6.07) is 32.7. The molecule has 550 valence electrons. The zero-order chi connectivity index (χ0) is 76.4. The van der Waals surface area contributed by atoms with E-state index in [4.69, 9.17) is 13.9 Å². The van der Waals surface area contributed by atoms with E-state index in [9.17, 15) is 104 Å². The van der Waals surface area contributed by atoms with E-state index < -0.39 is 120 Å². The van der Waals surface area contributed by atoms with Gasteiger partial charge in [-0.25, -0.2) is 81.2 Å². The van der Waals surface area contributed by atoms with Gasteiger partial charge < -0.3 is 36.4 Å². The Bertz CT molecular complexity index is 6970. The topological polar surface area (TPSA) is 588 Å². The molecular weight excluding hydrogens is 1760 g/mol. The Morgan fingerprint density at radius 1 is 0.235 bits per heavy atom. The van der Waals surface area contributed by atoms with Crippen LogP contribution in [0.5, 0.6) is 0 Å². The van der Waals surface area contributed by atoms with Crippen LogP contribution in [-0.2, 0) is 80.9 Å². The molecule has 0 atom stereocenters. The Kier molecular flexibility index (Phi) is 31.0. The fourth-order valence-corrected chi connectivity index (χ4v) is 16.7. The number of rotatable bonds is 20. The van der Waals surface area contributed by atoms with Gasteiger partial charge in [-0.3, -0.25) is 0 Å². The second-order valence-electron chi connectivity index (χ2n) is 23.0. The van der Waals surface area contributed by atoms with Crippen LogP contribution < -0.4 is 236 Å². The summed E-state index contributed by atoms with van der Waals surface area (Å²) in [5, 5.41) is 16.5. The summed E-state index contributed by atoms with van der Waals surface area (Å²) in [6.45, 7) is 0. The molecule has 10 aromatic carbocycles. The molecule has 55 heteroatoms. The second kappa shape index (κ2) is 36.1. The van der Waals surface area contributed by atoms with Gasteiger partial charge in [-0.2, -0.15) is 9.59 Å². The molecule has 0 saturated carbocycles. The van der Waals surface area contributed by atoms with Crippen LogP contribution in [0.25, 0.3) is 113 Å². The molecule has 39 nitrogen and oxygen atoms in total. The van der Waals surface area contributed by atoms with E-state index in [-0.39, 0.29) is 336 Å². The number of aromatic nitrogens is 12. The predicted molar refractivity (Wildman–Crippen MR) is 354 cm³/mol. The average Bonchev–Trinajstić information content (AvgIpc) is 1.74. The molecule has 0 bridgehead atoms. The number of benzene rings is 10. The van der Waals surface area contributed by atoms with Crippen LogP contribution in [0.1, 0.15) is 22.3 Å². The molecule has 5 aromatic heterocycles. The minimum Gasteiger partial charge on any atom is -0.744 e. The smallest absolute Gasteiger partial charge is 0.744 e. The van der Waals surface area contributed by atoms with Crippen LogP contribution in [0.15, 0.2) is 223 Å². The molecule has 0 aliphatic heterocycles. The van der Waals surface area contributed by atoms with Crippen LogP contribution in [-0.4, -0.2) is 163 Å². The maximum Gasteiger partial charge on any atom is 1.00 e. The fourth-order valence-electron chi connectivity index (χ4n) is 11.3.